The van der Waals surface area contributed by atoms with Gasteiger partial charge in [-0.2, -0.15) is 5.10 Å². The maximum absolute atomic E-state index is 12.1. The number of nitrogens with zero attached hydrogens (tertiary/aromatic N) is 2. The molecule has 1 unspecified atom stereocenters. The summed E-state index contributed by atoms with van der Waals surface area (Å²) in [6.07, 6.45) is 3.53. The Kier molecular flexibility index (Phi) is 2.59. The lowest BCUT2D eigenvalue weighted by Crippen LogP contribution is -2.31. The molecule has 92 valence electrons. The molecule has 1 aromatic carbocycles. The van der Waals surface area contributed by atoms with Gasteiger partial charge in [0.15, 0.2) is 0 Å². The zero-order valence-corrected chi connectivity index (χ0v) is 11.2. The Labute approximate surface area is 112 Å². The lowest BCUT2D eigenvalue weighted by atomic mass is 10.1. The fraction of sp³-hybridized carbons (Fsp3) is 0.167. The van der Waals surface area contributed by atoms with Crippen LogP contribution in [0.5, 0.6) is 0 Å². The number of carbonyl (C=O) groups is 1. The molecular weight excluding hydrogens is 296 g/mol. The summed E-state index contributed by atoms with van der Waals surface area (Å²) < 4.78 is 2.62. The molecular formula is C12H11BrN4O. The van der Waals surface area contributed by atoms with E-state index in [1.165, 1.54) is 0 Å². The molecule has 2 heterocycles. The predicted octanol–water partition coefficient (Wildman–Crippen LogP) is 2.29. The Morgan fingerprint density at radius 2 is 2.22 bits per heavy atom. The van der Waals surface area contributed by atoms with E-state index in [4.69, 9.17) is 0 Å². The molecule has 0 spiro atoms. The van der Waals surface area contributed by atoms with E-state index in [2.05, 4.69) is 31.7 Å². The minimum absolute atomic E-state index is 0.0754. The Bertz CT molecular complexity index is 622. The van der Waals surface area contributed by atoms with Crippen LogP contribution in [0.3, 0.4) is 0 Å². The quantitative estimate of drug-likeness (QED) is 0.850. The van der Waals surface area contributed by atoms with Gasteiger partial charge in [-0.15, -0.1) is 0 Å². The number of anilines is 2. The molecule has 18 heavy (non-hydrogen) atoms. The molecule has 0 saturated carbocycles. The third-order valence-electron chi connectivity index (χ3n) is 2.86. The van der Waals surface area contributed by atoms with Crippen molar-refractivity contribution in [2.45, 2.75) is 6.04 Å². The van der Waals surface area contributed by atoms with Crippen molar-refractivity contribution in [2.75, 3.05) is 10.6 Å². The lowest BCUT2D eigenvalue weighted by Gasteiger charge is -2.26. The van der Waals surface area contributed by atoms with Crippen LogP contribution >= 0.6 is 15.9 Å². The van der Waals surface area contributed by atoms with E-state index < -0.39 is 6.04 Å². The number of carbonyl (C=O) groups excluding carboxylic acids is 1. The number of hydrogen-bond acceptors (Lipinski definition) is 3. The van der Waals surface area contributed by atoms with Crippen LogP contribution in [0, 0.1) is 0 Å². The van der Waals surface area contributed by atoms with Crippen molar-refractivity contribution < 1.29 is 4.79 Å². The number of nitrogens with one attached hydrogen (secondary N) is 2. The van der Waals surface area contributed by atoms with Gasteiger partial charge in [-0.05, 0) is 18.2 Å². The molecule has 6 heteroatoms. The number of rotatable bonds is 1. The van der Waals surface area contributed by atoms with Crippen LogP contribution in [-0.4, -0.2) is 15.7 Å². The first-order chi connectivity index (χ1) is 8.63. The van der Waals surface area contributed by atoms with E-state index in [1.54, 1.807) is 10.9 Å². The Hall–Kier alpha value is -1.82. The molecule has 1 aliphatic rings. The summed E-state index contributed by atoms with van der Waals surface area (Å²) in [5.41, 5.74) is 2.55. The van der Waals surface area contributed by atoms with Crippen LogP contribution in [0.25, 0.3) is 0 Å². The summed E-state index contributed by atoms with van der Waals surface area (Å²) in [6, 6.07) is 5.35. The highest BCUT2D eigenvalue weighted by Crippen LogP contribution is 2.33. The molecule has 0 radical (unpaired) electrons. The van der Waals surface area contributed by atoms with Gasteiger partial charge >= 0.3 is 0 Å². The highest BCUT2D eigenvalue weighted by molar-refractivity contribution is 9.10. The Balaban J connectivity index is 1.97. The van der Waals surface area contributed by atoms with Crippen LogP contribution < -0.4 is 10.6 Å². The third kappa shape index (κ3) is 1.88. The Morgan fingerprint density at radius 3 is 2.94 bits per heavy atom. The second-order valence-corrected chi connectivity index (χ2v) is 5.12. The van der Waals surface area contributed by atoms with Crippen LogP contribution in [0.2, 0.25) is 0 Å². The van der Waals surface area contributed by atoms with Crippen molar-refractivity contribution in [1.29, 1.82) is 0 Å². The van der Waals surface area contributed by atoms with Crippen LogP contribution in [0.4, 0.5) is 11.4 Å². The molecule has 1 atom stereocenters. The largest absolute Gasteiger partial charge is 0.368 e. The summed E-state index contributed by atoms with van der Waals surface area (Å²) in [7, 11) is 1.83. The van der Waals surface area contributed by atoms with Crippen molar-refractivity contribution in [3.8, 4) is 0 Å². The van der Waals surface area contributed by atoms with Gasteiger partial charge in [0.05, 0.1) is 17.6 Å². The first-order valence-electron chi connectivity index (χ1n) is 5.49. The molecule has 2 aromatic rings. The van der Waals surface area contributed by atoms with Crippen molar-refractivity contribution in [2.24, 2.45) is 7.05 Å². The number of hydrogen-bond donors (Lipinski definition) is 2. The molecule has 1 aliphatic heterocycles. The van der Waals surface area contributed by atoms with Crippen LogP contribution in [-0.2, 0) is 11.8 Å². The van der Waals surface area contributed by atoms with Crippen LogP contribution in [0.1, 0.15) is 11.6 Å². The van der Waals surface area contributed by atoms with Gasteiger partial charge in [0.25, 0.3) is 5.91 Å². The molecule has 0 saturated heterocycles. The lowest BCUT2D eigenvalue weighted by molar-refractivity contribution is -0.117. The van der Waals surface area contributed by atoms with Gasteiger partial charge in [-0.25, -0.2) is 0 Å². The van der Waals surface area contributed by atoms with E-state index >= 15 is 0 Å². The molecule has 0 aliphatic carbocycles. The number of fused-ring (bicyclic) bond motifs is 1. The highest BCUT2D eigenvalue weighted by Gasteiger charge is 2.27. The fourth-order valence-corrected chi connectivity index (χ4v) is 2.36. The molecule has 3 rings (SSSR count). The first kappa shape index (κ1) is 11.3. The van der Waals surface area contributed by atoms with Gasteiger partial charge in [-0.3, -0.25) is 9.48 Å². The average Bonchev–Trinajstić information content (AvgIpc) is 2.74. The van der Waals surface area contributed by atoms with E-state index in [1.807, 2.05) is 31.4 Å². The first-order valence-corrected chi connectivity index (χ1v) is 6.28. The van der Waals surface area contributed by atoms with Gasteiger partial charge in [-0.1, -0.05) is 15.9 Å². The molecule has 1 aromatic heterocycles. The number of aryl methyl sites for hydroxylation is 1. The van der Waals surface area contributed by atoms with Crippen molar-refractivity contribution >= 4 is 33.2 Å². The average molecular weight is 307 g/mol. The zero-order chi connectivity index (χ0) is 12.7. The maximum atomic E-state index is 12.1. The predicted molar refractivity (Wildman–Crippen MR) is 72.3 cm³/mol. The number of halogens is 1. The Morgan fingerprint density at radius 1 is 1.39 bits per heavy atom. The molecule has 5 nitrogen and oxygen atoms in total. The smallest absolute Gasteiger partial charge is 0.251 e. The molecule has 0 bridgehead atoms. The fourth-order valence-electron chi connectivity index (χ4n) is 2.00. The van der Waals surface area contributed by atoms with Crippen molar-refractivity contribution in [1.82, 2.24) is 9.78 Å². The summed E-state index contributed by atoms with van der Waals surface area (Å²) in [4.78, 5) is 12.1. The van der Waals surface area contributed by atoms with Gasteiger partial charge in [0, 0.05) is 23.3 Å². The monoisotopic (exact) mass is 306 g/mol. The van der Waals surface area contributed by atoms with Crippen LogP contribution in [0.15, 0.2) is 35.1 Å². The van der Waals surface area contributed by atoms with Gasteiger partial charge in [0.1, 0.15) is 6.04 Å². The summed E-state index contributed by atoms with van der Waals surface area (Å²) in [5, 5.41) is 10.2. The van der Waals surface area contributed by atoms with Gasteiger partial charge in [0.2, 0.25) is 0 Å². The van der Waals surface area contributed by atoms with E-state index in [9.17, 15) is 4.79 Å². The third-order valence-corrected chi connectivity index (χ3v) is 3.35. The van der Waals surface area contributed by atoms with E-state index in [-0.39, 0.29) is 5.91 Å². The topological polar surface area (TPSA) is 59.0 Å². The second-order valence-electron chi connectivity index (χ2n) is 4.20. The maximum Gasteiger partial charge on any atom is 0.251 e. The van der Waals surface area contributed by atoms with Crippen molar-refractivity contribution in [3.05, 3.63) is 40.6 Å². The summed E-state index contributed by atoms with van der Waals surface area (Å²) in [5.74, 6) is -0.0754. The standard InChI is InChI=1S/C12H11BrN4O/c1-17-6-7(5-14-17)11-12(18)16-10-4-8(13)2-3-9(10)15-11/h2-6,11,15H,1H3,(H,16,18). The molecule has 1 amide bonds. The van der Waals surface area contributed by atoms with E-state index in [0.717, 1.165) is 21.4 Å². The van der Waals surface area contributed by atoms with E-state index in [0.29, 0.717) is 0 Å². The van der Waals surface area contributed by atoms with Gasteiger partial charge < -0.3 is 10.6 Å². The number of benzene rings is 1. The van der Waals surface area contributed by atoms with Crippen molar-refractivity contribution in [3.63, 3.8) is 0 Å². The number of aromatic nitrogens is 2. The number of amides is 1. The zero-order valence-electron chi connectivity index (χ0n) is 9.64. The second kappa shape index (κ2) is 4.13. The summed E-state index contributed by atoms with van der Waals surface area (Å²) >= 11 is 3.38. The SMILES string of the molecule is Cn1cc(C2Nc3ccc(Br)cc3NC2=O)cn1. The molecule has 2 N–H and O–H groups in total. The minimum Gasteiger partial charge on any atom is -0.368 e. The minimum atomic E-state index is -0.396. The normalized spacial score (nSPS) is 17.9. The molecule has 0 fully saturated rings. The highest BCUT2D eigenvalue weighted by atomic mass is 79.9. The summed E-state index contributed by atoms with van der Waals surface area (Å²) in [6.45, 7) is 0.